The molecule has 4 atom stereocenters. The lowest BCUT2D eigenvalue weighted by Gasteiger charge is -2.36. The summed E-state index contributed by atoms with van der Waals surface area (Å²) in [6.07, 6.45) is 10.8. The van der Waals surface area contributed by atoms with Crippen LogP contribution >= 0.6 is 0 Å². The number of aliphatic hydroxyl groups excluding tert-OH is 1. The molecule has 1 saturated heterocycles. The average molecular weight is 270 g/mol. The first-order chi connectivity index (χ1) is 9.20. The fourth-order valence-corrected chi connectivity index (χ4v) is 2.62. The number of methoxy groups -OCH3 is 1. The molecule has 0 bridgehead atoms. The largest absolute Gasteiger partial charge is 0.387 e. The Hall–Kier alpha value is -0.380. The fourth-order valence-electron chi connectivity index (χ4n) is 2.62. The highest BCUT2D eigenvalue weighted by molar-refractivity contribution is 4.99. The van der Waals surface area contributed by atoms with Crippen molar-refractivity contribution in [2.45, 2.75) is 70.7 Å². The van der Waals surface area contributed by atoms with Gasteiger partial charge in [-0.1, -0.05) is 51.7 Å². The molecule has 0 radical (unpaired) electrons. The number of aliphatic hydroxyl groups is 1. The molecule has 1 aliphatic heterocycles. The van der Waals surface area contributed by atoms with Gasteiger partial charge in [-0.25, -0.2) is 0 Å². The molecule has 3 heteroatoms. The second-order valence-electron chi connectivity index (χ2n) is 5.60. The van der Waals surface area contributed by atoms with Crippen molar-refractivity contribution in [1.82, 2.24) is 0 Å². The standard InChI is InChI=1S/C16H30O3/c1-4-5-6-7-8-9-10-11-14-15(17)16(18-3)13(2)12-19-14/h10-11,13-17H,4-9,12H2,1-3H3/t13-,14-,15-,16+/m0/s1. The summed E-state index contributed by atoms with van der Waals surface area (Å²) in [5.74, 6) is 0.249. The first-order valence-corrected chi connectivity index (χ1v) is 7.69. The van der Waals surface area contributed by atoms with Gasteiger partial charge in [0.15, 0.2) is 0 Å². The Morgan fingerprint density at radius 2 is 2.00 bits per heavy atom. The normalized spacial score (nSPS) is 32.0. The van der Waals surface area contributed by atoms with Crippen molar-refractivity contribution in [3.05, 3.63) is 12.2 Å². The molecular weight excluding hydrogens is 240 g/mol. The highest BCUT2D eigenvalue weighted by Gasteiger charge is 2.35. The summed E-state index contributed by atoms with van der Waals surface area (Å²) in [6.45, 7) is 4.93. The first kappa shape index (κ1) is 16.7. The summed E-state index contributed by atoms with van der Waals surface area (Å²) in [5.41, 5.74) is 0. The van der Waals surface area contributed by atoms with Gasteiger partial charge in [0.2, 0.25) is 0 Å². The van der Waals surface area contributed by atoms with Crippen molar-refractivity contribution in [1.29, 1.82) is 0 Å². The third-order valence-corrected chi connectivity index (χ3v) is 3.86. The van der Waals surface area contributed by atoms with Crippen LogP contribution in [0.25, 0.3) is 0 Å². The Balaban J connectivity index is 2.24. The average Bonchev–Trinajstić information content (AvgIpc) is 2.40. The molecule has 0 unspecified atom stereocenters. The lowest BCUT2D eigenvalue weighted by molar-refractivity contribution is -0.155. The van der Waals surface area contributed by atoms with Crippen LogP contribution in [0.15, 0.2) is 12.2 Å². The number of ether oxygens (including phenoxy) is 2. The molecule has 0 amide bonds. The van der Waals surface area contributed by atoms with Gasteiger partial charge in [-0.05, 0) is 12.8 Å². The third kappa shape index (κ3) is 5.64. The van der Waals surface area contributed by atoms with E-state index in [0.29, 0.717) is 6.61 Å². The number of rotatable bonds is 8. The van der Waals surface area contributed by atoms with Crippen LogP contribution in [0, 0.1) is 5.92 Å². The number of unbranched alkanes of at least 4 members (excludes halogenated alkanes) is 5. The number of hydrogen-bond donors (Lipinski definition) is 1. The van der Waals surface area contributed by atoms with E-state index in [0.717, 1.165) is 6.42 Å². The van der Waals surface area contributed by atoms with Gasteiger partial charge in [-0.15, -0.1) is 0 Å². The molecule has 3 nitrogen and oxygen atoms in total. The van der Waals surface area contributed by atoms with Gasteiger partial charge in [-0.3, -0.25) is 0 Å². The molecule has 1 fully saturated rings. The van der Waals surface area contributed by atoms with Gasteiger partial charge in [0.05, 0.1) is 12.7 Å². The van der Waals surface area contributed by atoms with Crippen molar-refractivity contribution >= 4 is 0 Å². The monoisotopic (exact) mass is 270 g/mol. The van der Waals surface area contributed by atoms with Gasteiger partial charge in [0, 0.05) is 13.0 Å². The Morgan fingerprint density at radius 1 is 1.26 bits per heavy atom. The zero-order valence-corrected chi connectivity index (χ0v) is 12.7. The zero-order chi connectivity index (χ0) is 14.1. The van der Waals surface area contributed by atoms with Crippen LogP contribution in [0.1, 0.15) is 52.4 Å². The van der Waals surface area contributed by atoms with E-state index in [1.54, 1.807) is 7.11 Å². The molecule has 0 aromatic heterocycles. The van der Waals surface area contributed by atoms with Crippen molar-refractivity contribution in [2.75, 3.05) is 13.7 Å². The number of hydrogen-bond acceptors (Lipinski definition) is 3. The van der Waals surface area contributed by atoms with Crippen LogP contribution in [0.3, 0.4) is 0 Å². The molecule has 1 aliphatic rings. The maximum absolute atomic E-state index is 10.2. The van der Waals surface area contributed by atoms with Crippen molar-refractivity contribution in [3.63, 3.8) is 0 Å². The van der Waals surface area contributed by atoms with Gasteiger partial charge < -0.3 is 14.6 Å². The molecular formula is C16H30O3. The predicted octanol–water partition coefficient (Wildman–Crippen LogP) is 3.31. The lowest BCUT2D eigenvalue weighted by atomic mass is 9.93. The SMILES string of the molecule is CCCCCCCC=C[C@@H]1OC[C@H](C)[C@@H](OC)[C@H]1O. The summed E-state index contributed by atoms with van der Waals surface area (Å²) in [6, 6.07) is 0. The Kier molecular flexibility index (Phi) is 8.35. The third-order valence-electron chi connectivity index (χ3n) is 3.86. The van der Waals surface area contributed by atoms with Crippen LogP contribution in [0.5, 0.6) is 0 Å². The van der Waals surface area contributed by atoms with Crippen LogP contribution in [-0.4, -0.2) is 37.1 Å². The van der Waals surface area contributed by atoms with Gasteiger partial charge in [0.25, 0.3) is 0 Å². The number of allylic oxidation sites excluding steroid dienone is 1. The van der Waals surface area contributed by atoms with Crippen LogP contribution in [0.2, 0.25) is 0 Å². The zero-order valence-electron chi connectivity index (χ0n) is 12.7. The summed E-state index contributed by atoms with van der Waals surface area (Å²) in [4.78, 5) is 0. The minimum absolute atomic E-state index is 0.118. The molecule has 19 heavy (non-hydrogen) atoms. The maximum Gasteiger partial charge on any atom is 0.110 e. The second kappa shape index (κ2) is 9.51. The van der Waals surface area contributed by atoms with E-state index < -0.39 is 6.10 Å². The maximum atomic E-state index is 10.2. The van der Waals surface area contributed by atoms with Crippen molar-refractivity contribution in [2.24, 2.45) is 5.92 Å². The Bertz CT molecular complexity index is 252. The van der Waals surface area contributed by atoms with E-state index in [1.807, 2.05) is 13.0 Å². The smallest absolute Gasteiger partial charge is 0.110 e. The van der Waals surface area contributed by atoms with Gasteiger partial charge in [-0.2, -0.15) is 0 Å². The highest BCUT2D eigenvalue weighted by Crippen LogP contribution is 2.23. The lowest BCUT2D eigenvalue weighted by Crippen LogP contribution is -2.49. The van der Waals surface area contributed by atoms with Crippen molar-refractivity contribution in [3.8, 4) is 0 Å². The molecule has 0 saturated carbocycles. The van der Waals surface area contributed by atoms with Gasteiger partial charge in [0.1, 0.15) is 12.2 Å². The topological polar surface area (TPSA) is 38.7 Å². The molecule has 112 valence electrons. The molecule has 0 aromatic carbocycles. The molecule has 0 spiro atoms. The summed E-state index contributed by atoms with van der Waals surface area (Å²) < 4.78 is 11.0. The molecule has 0 aromatic rings. The summed E-state index contributed by atoms with van der Waals surface area (Å²) >= 11 is 0. The van der Waals surface area contributed by atoms with Crippen molar-refractivity contribution < 1.29 is 14.6 Å². The predicted molar refractivity (Wildman–Crippen MR) is 78.2 cm³/mol. The minimum atomic E-state index is -0.551. The van der Waals surface area contributed by atoms with Crippen LogP contribution in [-0.2, 0) is 9.47 Å². The van der Waals surface area contributed by atoms with E-state index in [9.17, 15) is 5.11 Å². The first-order valence-electron chi connectivity index (χ1n) is 7.69. The Morgan fingerprint density at radius 3 is 2.68 bits per heavy atom. The minimum Gasteiger partial charge on any atom is -0.387 e. The molecule has 0 aliphatic carbocycles. The molecule has 1 heterocycles. The summed E-state index contributed by atoms with van der Waals surface area (Å²) in [5, 5.41) is 10.2. The van der Waals surface area contributed by atoms with E-state index >= 15 is 0 Å². The highest BCUT2D eigenvalue weighted by atomic mass is 16.5. The van der Waals surface area contributed by atoms with Crippen LogP contribution < -0.4 is 0 Å². The summed E-state index contributed by atoms with van der Waals surface area (Å²) in [7, 11) is 1.66. The van der Waals surface area contributed by atoms with E-state index in [1.165, 1.54) is 32.1 Å². The van der Waals surface area contributed by atoms with E-state index in [-0.39, 0.29) is 18.1 Å². The second-order valence-corrected chi connectivity index (χ2v) is 5.60. The van der Waals surface area contributed by atoms with E-state index in [2.05, 4.69) is 13.0 Å². The fraction of sp³-hybridized carbons (Fsp3) is 0.875. The van der Waals surface area contributed by atoms with E-state index in [4.69, 9.17) is 9.47 Å². The van der Waals surface area contributed by atoms with Gasteiger partial charge >= 0.3 is 0 Å². The molecule has 1 N–H and O–H groups in total. The quantitative estimate of drug-likeness (QED) is 0.543. The Labute approximate surface area is 118 Å². The molecule has 1 rings (SSSR count). The van der Waals surface area contributed by atoms with Crippen LogP contribution in [0.4, 0.5) is 0 Å².